The number of carbonyl (C=O) groups excluding carboxylic acids is 1. The lowest BCUT2D eigenvalue weighted by molar-refractivity contribution is -0.148. The number of hydrogen-bond donors (Lipinski definition) is 1. The summed E-state index contributed by atoms with van der Waals surface area (Å²) in [5, 5.41) is 3.04. The molecule has 0 amide bonds. The molecule has 1 aliphatic rings. The summed E-state index contributed by atoms with van der Waals surface area (Å²) in [5.74, 6) is -0.985. The molecule has 7 heteroatoms. The summed E-state index contributed by atoms with van der Waals surface area (Å²) in [6.07, 6.45) is 0.289. The summed E-state index contributed by atoms with van der Waals surface area (Å²) in [5.41, 5.74) is -0.511. The monoisotopic (exact) mass is 315 g/mol. The van der Waals surface area contributed by atoms with Crippen LogP contribution >= 0.6 is 0 Å². The van der Waals surface area contributed by atoms with Crippen LogP contribution in [0.2, 0.25) is 0 Å². The van der Waals surface area contributed by atoms with Gasteiger partial charge in [0.1, 0.15) is 11.4 Å². The maximum absolute atomic E-state index is 12.9. The molecular weight excluding hydrogens is 297 g/mol. The van der Waals surface area contributed by atoms with Gasteiger partial charge >= 0.3 is 5.97 Å². The molecule has 1 saturated heterocycles. The van der Waals surface area contributed by atoms with E-state index < -0.39 is 21.3 Å². The molecule has 0 unspecified atom stereocenters. The fourth-order valence-corrected chi connectivity index (χ4v) is 3.87. The van der Waals surface area contributed by atoms with Crippen LogP contribution in [-0.4, -0.2) is 38.0 Å². The highest BCUT2D eigenvalue weighted by Gasteiger charge is 2.44. The number of anilines is 1. The van der Waals surface area contributed by atoms with Crippen LogP contribution in [0.4, 0.5) is 10.1 Å². The Labute approximate surface area is 123 Å². The SMILES string of the molecule is CCOC(=O)C1(Nc2ccc(F)cc2)CCS(=O)(=O)CC1. The van der Waals surface area contributed by atoms with E-state index in [0.717, 1.165) is 0 Å². The van der Waals surface area contributed by atoms with Gasteiger partial charge in [-0.3, -0.25) is 0 Å². The zero-order chi connectivity index (χ0) is 15.5. The highest BCUT2D eigenvalue weighted by molar-refractivity contribution is 7.91. The van der Waals surface area contributed by atoms with Crippen molar-refractivity contribution in [3.63, 3.8) is 0 Å². The normalized spacial score (nSPS) is 19.7. The highest BCUT2D eigenvalue weighted by Crippen LogP contribution is 2.29. The molecule has 1 N–H and O–H groups in total. The molecular formula is C14H18FNO4S. The number of carbonyl (C=O) groups is 1. The number of esters is 1. The van der Waals surface area contributed by atoms with Gasteiger partial charge in [0, 0.05) is 5.69 Å². The van der Waals surface area contributed by atoms with Crippen LogP contribution < -0.4 is 5.32 Å². The van der Waals surface area contributed by atoms with Crippen molar-refractivity contribution in [1.82, 2.24) is 0 Å². The summed E-state index contributed by atoms with van der Waals surface area (Å²) in [6.45, 7) is 1.92. The van der Waals surface area contributed by atoms with E-state index >= 15 is 0 Å². The smallest absolute Gasteiger partial charge is 0.331 e. The van der Waals surface area contributed by atoms with E-state index in [1.54, 1.807) is 6.92 Å². The maximum atomic E-state index is 12.9. The number of rotatable bonds is 4. The molecule has 1 aromatic rings. The molecule has 116 valence electrons. The van der Waals surface area contributed by atoms with E-state index in [9.17, 15) is 17.6 Å². The number of halogens is 1. The van der Waals surface area contributed by atoms with Crippen LogP contribution in [0.15, 0.2) is 24.3 Å². The van der Waals surface area contributed by atoms with E-state index in [0.29, 0.717) is 5.69 Å². The molecule has 5 nitrogen and oxygen atoms in total. The minimum absolute atomic E-state index is 0.0694. The molecule has 0 saturated carbocycles. The molecule has 2 rings (SSSR count). The van der Waals surface area contributed by atoms with Crippen molar-refractivity contribution in [2.24, 2.45) is 0 Å². The fourth-order valence-electron chi connectivity index (χ4n) is 2.35. The Hall–Kier alpha value is -1.63. The van der Waals surface area contributed by atoms with Gasteiger partial charge in [-0.05, 0) is 44.0 Å². The maximum Gasteiger partial charge on any atom is 0.331 e. The third-order valence-electron chi connectivity index (χ3n) is 3.57. The van der Waals surface area contributed by atoms with Crippen molar-refractivity contribution in [1.29, 1.82) is 0 Å². The number of hydrogen-bond acceptors (Lipinski definition) is 5. The second kappa shape index (κ2) is 6.01. The summed E-state index contributed by atoms with van der Waals surface area (Å²) in [7, 11) is -3.11. The molecule has 0 aromatic heterocycles. The predicted molar refractivity (Wildman–Crippen MR) is 77.3 cm³/mol. The lowest BCUT2D eigenvalue weighted by atomic mass is 9.91. The Morgan fingerprint density at radius 3 is 2.38 bits per heavy atom. The molecule has 0 aliphatic carbocycles. The molecule has 1 heterocycles. The first-order chi connectivity index (χ1) is 9.87. The largest absolute Gasteiger partial charge is 0.464 e. The number of nitrogens with one attached hydrogen (secondary N) is 1. The molecule has 0 atom stereocenters. The average Bonchev–Trinajstić information content (AvgIpc) is 2.44. The Balaban J connectivity index is 2.24. The number of sulfone groups is 1. The van der Waals surface area contributed by atoms with Crippen molar-refractivity contribution in [2.45, 2.75) is 25.3 Å². The first-order valence-corrected chi connectivity index (χ1v) is 8.60. The Kier molecular flexibility index (Phi) is 4.51. The lowest BCUT2D eigenvalue weighted by Gasteiger charge is -2.36. The van der Waals surface area contributed by atoms with Crippen molar-refractivity contribution < 1.29 is 22.3 Å². The van der Waals surface area contributed by atoms with E-state index in [1.165, 1.54) is 24.3 Å². The van der Waals surface area contributed by atoms with E-state index in [4.69, 9.17) is 4.74 Å². The van der Waals surface area contributed by atoms with Gasteiger partial charge in [-0.1, -0.05) is 0 Å². The van der Waals surface area contributed by atoms with Crippen molar-refractivity contribution in [3.05, 3.63) is 30.1 Å². The topological polar surface area (TPSA) is 72.5 Å². The Morgan fingerprint density at radius 2 is 1.86 bits per heavy atom. The van der Waals surface area contributed by atoms with Crippen LogP contribution in [-0.2, 0) is 19.4 Å². The van der Waals surface area contributed by atoms with Crippen LogP contribution in [0.25, 0.3) is 0 Å². The number of ether oxygens (including phenoxy) is 1. The fraction of sp³-hybridized carbons (Fsp3) is 0.500. The first-order valence-electron chi connectivity index (χ1n) is 6.78. The highest BCUT2D eigenvalue weighted by atomic mass is 32.2. The molecule has 0 radical (unpaired) electrons. The van der Waals surface area contributed by atoms with Gasteiger partial charge in [0.25, 0.3) is 0 Å². The average molecular weight is 315 g/mol. The molecule has 21 heavy (non-hydrogen) atoms. The first kappa shape index (κ1) is 15.8. The third-order valence-corrected chi connectivity index (χ3v) is 5.23. The van der Waals surface area contributed by atoms with Crippen LogP contribution in [0.1, 0.15) is 19.8 Å². The van der Waals surface area contributed by atoms with Crippen molar-refractivity contribution >= 4 is 21.5 Å². The third kappa shape index (κ3) is 3.72. The molecule has 1 aromatic carbocycles. The molecule has 0 spiro atoms. The van der Waals surface area contributed by atoms with Crippen molar-refractivity contribution in [3.8, 4) is 0 Å². The summed E-state index contributed by atoms with van der Waals surface area (Å²) >= 11 is 0. The van der Waals surface area contributed by atoms with Crippen LogP contribution in [0.3, 0.4) is 0 Å². The van der Waals surface area contributed by atoms with Gasteiger partial charge in [0.15, 0.2) is 9.84 Å². The summed E-state index contributed by atoms with van der Waals surface area (Å²) < 4.78 is 41.2. The molecule has 1 fully saturated rings. The van der Waals surface area contributed by atoms with Gasteiger partial charge in [-0.25, -0.2) is 17.6 Å². The summed E-state index contributed by atoms with van der Waals surface area (Å²) in [4.78, 5) is 12.2. The van der Waals surface area contributed by atoms with Gasteiger partial charge in [0.2, 0.25) is 0 Å². The van der Waals surface area contributed by atoms with Gasteiger partial charge < -0.3 is 10.1 Å². The van der Waals surface area contributed by atoms with Crippen LogP contribution in [0, 0.1) is 5.82 Å². The quantitative estimate of drug-likeness (QED) is 0.857. The molecule has 0 bridgehead atoms. The standard InChI is InChI=1S/C14H18FNO4S/c1-2-20-13(17)14(7-9-21(18,19)10-8-14)16-12-5-3-11(15)4-6-12/h3-6,16H,2,7-10H2,1H3. The second-order valence-corrected chi connectivity index (χ2v) is 7.39. The number of benzene rings is 1. The Bertz CT molecular complexity index is 598. The van der Waals surface area contributed by atoms with E-state index in [-0.39, 0.29) is 36.8 Å². The van der Waals surface area contributed by atoms with Gasteiger partial charge in [-0.2, -0.15) is 0 Å². The zero-order valence-corrected chi connectivity index (χ0v) is 12.6. The Morgan fingerprint density at radius 1 is 1.29 bits per heavy atom. The molecule has 1 aliphatic heterocycles. The second-order valence-electron chi connectivity index (χ2n) is 5.09. The minimum atomic E-state index is -3.11. The van der Waals surface area contributed by atoms with Crippen molar-refractivity contribution in [2.75, 3.05) is 23.4 Å². The van der Waals surface area contributed by atoms with E-state index in [1.807, 2.05) is 0 Å². The minimum Gasteiger partial charge on any atom is -0.464 e. The lowest BCUT2D eigenvalue weighted by Crippen LogP contribution is -2.52. The summed E-state index contributed by atoms with van der Waals surface area (Å²) in [6, 6.07) is 5.58. The van der Waals surface area contributed by atoms with Gasteiger partial charge in [-0.15, -0.1) is 0 Å². The van der Waals surface area contributed by atoms with E-state index in [2.05, 4.69) is 5.32 Å². The van der Waals surface area contributed by atoms with Crippen LogP contribution in [0.5, 0.6) is 0 Å². The zero-order valence-electron chi connectivity index (χ0n) is 11.8. The predicted octanol–water partition coefficient (Wildman–Crippen LogP) is 1.75. The van der Waals surface area contributed by atoms with Gasteiger partial charge in [0.05, 0.1) is 18.1 Å².